The van der Waals surface area contributed by atoms with Crippen molar-refractivity contribution in [2.24, 2.45) is 0 Å². The van der Waals surface area contributed by atoms with Crippen LogP contribution in [0.25, 0.3) is 22.3 Å². The molecular weight excluding hydrogens is 808 g/mol. The maximum Gasteiger partial charge on any atom is 0.333 e. The molecule has 0 radical (unpaired) electrons. The summed E-state index contributed by atoms with van der Waals surface area (Å²) in [6.07, 6.45) is 2.35. The van der Waals surface area contributed by atoms with Gasteiger partial charge in [0, 0.05) is 33.7 Å². The van der Waals surface area contributed by atoms with Crippen molar-refractivity contribution in [1.82, 2.24) is 0 Å². The summed E-state index contributed by atoms with van der Waals surface area (Å²) in [5.41, 5.74) is 26.1. The number of fused-ring (bicyclic) bond motifs is 10. The monoisotopic (exact) mass is 866 g/mol. The fraction of sp³-hybridized carbons (Fsp3) is 0.250. The van der Waals surface area contributed by atoms with Crippen LogP contribution in [-0.4, -0.2) is 6.85 Å². The van der Waals surface area contributed by atoms with Crippen LogP contribution in [0.4, 0.5) is 28.4 Å². The fourth-order valence-electron chi connectivity index (χ4n) is 13.5. The predicted octanol–water partition coefficient (Wildman–Crippen LogP) is 15.0. The standard InChI is InChI=1S/C64H59BN2/c1-60(2,3)42-35-47-46-38-52-45(44-25-16-17-26-48(44)63(52,8)9)39-56(46)67(43-31-32-49-53(37-43)62(6,7)34-33-61(49,4)5)65-54-29-20-28-51-59(54)66(57(36-42)58(47)65)55-30-19-18-27-50(55)64(51,40-21-12-10-13-22-40)41-23-14-11-15-24-41/h10-32,35-39H,33-34H2,1-9H3. The van der Waals surface area contributed by atoms with E-state index in [4.69, 9.17) is 0 Å². The van der Waals surface area contributed by atoms with E-state index in [1.165, 1.54) is 125 Å². The highest BCUT2D eigenvalue weighted by atomic mass is 15.2. The van der Waals surface area contributed by atoms with E-state index in [0.29, 0.717) is 0 Å². The lowest BCUT2D eigenvalue weighted by atomic mass is 9.42. The molecule has 0 bridgehead atoms. The van der Waals surface area contributed by atoms with Crippen molar-refractivity contribution in [2.75, 3.05) is 9.71 Å². The molecular formula is C64H59BN2. The molecule has 0 saturated carbocycles. The van der Waals surface area contributed by atoms with E-state index < -0.39 is 5.41 Å². The van der Waals surface area contributed by atoms with Crippen molar-refractivity contribution in [3.8, 4) is 22.3 Å². The van der Waals surface area contributed by atoms with Gasteiger partial charge in [0.15, 0.2) is 0 Å². The largest absolute Gasteiger partial charge is 0.376 e. The SMILES string of the molecule is CC(C)(C)c1cc2c3c(c1)N1c4ccccc4C(c4ccccc4)(c4ccccc4)c4cccc(c41)B3N(c1ccc3c(c1)C(C)(C)CCC3(C)C)c1cc3c(cc1-2)C(C)(C)c1ccccc1-3. The van der Waals surface area contributed by atoms with Crippen LogP contribution in [0, 0.1) is 0 Å². The van der Waals surface area contributed by atoms with E-state index in [1.54, 1.807) is 0 Å². The molecule has 8 aromatic carbocycles. The zero-order valence-corrected chi connectivity index (χ0v) is 40.6. The summed E-state index contributed by atoms with van der Waals surface area (Å²) < 4.78 is 0. The number of hydrogen-bond acceptors (Lipinski definition) is 2. The molecule has 67 heavy (non-hydrogen) atoms. The molecule has 0 aromatic heterocycles. The highest BCUT2D eigenvalue weighted by molar-refractivity contribution is 6.93. The van der Waals surface area contributed by atoms with Crippen molar-refractivity contribution >= 4 is 46.2 Å². The van der Waals surface area contributed by atoms with Crippen LogP contribution in [0.15, 0.2) is 170 Å². The van der Waals surface area contributed by atoms with Crippen LogP contribution in [0.2, 0.25) is 0 Å². The molecule has 0 saturated heterocycles. The molecule has 0 amide bonds. The Kier molecular flexibility index (Phi) is 8.22. The molecule has 8 aromatic rings. The Morgan fingerprint density at radius 3 is 1.78 bits per heavy atom. The Hall–Kier alpha value is -6.58. The van der Waals surface area contributed by atoms with Crippen LogP contribution in [0.5, 0.6) is 0 Å². The number of hydrogen-bond donors (Lipinski definition) is 0. The van der Waals surface area contributed by atoms with Gasteiger partial charge in [-0.2, -0.15) is 0 Å². The molecule has 5 aliphatic rings. The molecule has 3 heterocycles. The van der Waals surface area contributed by atoms with Gasteiger partial charge in [0.05, 0.1) is 11.1 Å². The Morgan fingerprint density at radius 2 is 1.07 bits per heavy atom. The number of nitrogens with zero attached hydrogens (tertiary/aromatic N) is 2. The van der Waals surface area contributed by atoms with Gasteiger partial charge in [0.2, 0.25) is 0 Å². The molecule has 2 aliphatic carbocycles. The van der Waals surface area contributed by atoms with Gasteiger partial charge in [0.1, 0.15) is 0 Å². The van der Waals surface area contributed by atoms with Gasteiger partial charge < -0.3 is 9.71 Å². The third-order valence-electron chi connectivity index (χ3n) is 17.1. The molecule has 3 heteroatoms. The van der Waals surface area contributed by atoms with E-state index in [2.05, 4.69) is 242 Å². The number of benzene rings is 8. The highest BCUT2D eigenvalue weighted by Gasteiger charge is 2.54. The summed E-state index contributed by atoms with van der Waals surface area (Å²) in [5, 5.41) is 0. The summed E-state index contributed by atoms with van der Waals surface area (Å²) in [5.74, 6) is 0. The Balaban J connectivity index is 1.20. The van der Waals surface area contributed by atoms with Gasteiger partial charge in [0.25, 0.3) is 0 Å². The minimum absolute atomic E-state index is 0.0506. The first kappa shape index (κ1) is 40.7. The zero-order chi connectivity index (χ0) is 46.0. The quantitative estimate of drug-likeness (QED) is 0.163. The van der Waals surface area contributed by atoms with Gasteiger partial charge in [-0.15, -0.1) is 0 Å². The maximum absolute atomic E-state index is 2.78. The molecule has 13 rings (SSSR count). The molecule has 0 spiro atoms. The molecule has 0 atom stereocenters. The Labute approximate surface area is 398 Å². The average Bonchev–Trinajstić information content (AvgIpc) is 3.55. The molecule has 328 valence electrons. The van der Waals surface area contributed by atoms with Gasteiger partial charge in [-0.3, -0.25) is 0 Å². The summed E-state index contributed by atoms with van der Waals surface area (Å²) in [4.78, 5) is 5.47. The third kappa shape index (κ3) is 5.35. The Bertz CT molecular complexity index is 3350. The first-order chi connectivity index (χ1) is 32.1. The van der Waals surface area contributed by atoms with E-state index in [9.17, 15) is 0 Å². The lowest BCUT2D eigenvalue weighted by Gasteiger charge is -2.52. The second kappa shape index (κ2) is 13.5. The summed E-state index contributed by atoms with van der Waals surface area (Å²) >= 11 is 0. The fourth-order valence-corrected chi connectivity index (χ4v) is 13.5. The summed E-state index contributed by atoms with van der Waals surface area (Å²) in [7, 11) is 0. The smallest absolute Gasteiger partial charge is 0.333 e. The van der Waals surface area contributed by atoms with Crippen molar-refractivity contribution < 1.29 is 0 Å². The molecule has 2 nitrogen and oxygen atoms in total. The molecule has 0 fully saturated rings. The van der Waals surface area contributed by atoms with Crippen molar-refractivity contribution in [3.05, 3.63) is 220 Å². The second-order valence-electron chi connectivity index (χ2n) is 23.1. The lowest BCUT2D eigenvalue weighted by molar-refractivity contribution is 0.332. The lowest BCUT2D eigenvalue weighted by Crippen LogP contribution is -2.63. The van der Waals surface area contributed by atoms with Gasteiger partial charge in [-0.1, -0.05) is 196 Å². The van der Waals surface area contributed by atoms with Crippen LogP contribution in [-0.2, 0) is 27.1 Å². The summed E-state index contributed by atoms with van der Waals surface area (Å²) in [6, 6.07) is 66.2. The van der Waals surface area contributed by atoms with E-state index in [1.807, 2.05) is 0 Å². The van der Waals surface area contributed by atoms with Crippen LogP contribution in [0.1, 0.15) is 125 Å². The maximum atomic E-state index is 2.78. The first-order valence-corrected chi connectivity index (χ1v) is 24.7. The zero-order valence-electron chi connectivity index (χ0n) is 40.6. The average molecular weight is 867 g/mol. The van der Waals surface area contributed by atoms with Crippen LogP contribution < -0.4 is 20.6 Å². The molecule has 3 aliphatic heterocycles. The second-order valence-corrected chi connectivity index (χ2v) is 23.1. The normalized spacial score (nSPS) is 17.9. The third-order valence-corrected chi connectivity index (χ3v) is 17.1. The van der Waals surface area contributed by atoms with Gasteiger partial charge in [-0.25, -0.2) is 0 Å². The Morgan fingerprint density at radius 1 is 0.448 bits per heavy atom. The van der Waals surface area contributed by atoms with Gasteiger partial charge >= 0.3 is 6.85 Å². The minimum atomic E-state index is -0.572. The number of rotatable bonds is 3. The minimum Gasteiger partial charge on any atom is -0.376 e. The van der Waals surface area contributed by atoms with Crippen LogP contribution in [0.3, 0.4) is 0 Å². The van der Waals surface area contributed by atoms with Crippen LogP contribution >= 0.6 is 0 Å². The predicted molar refractivity (Wildman–Crippen MR) is 284 cm³/mol. The molecule has 0 N–H and O–H groups in total. The van der Waals surface area contributed by atoms with E-state index in [0.717, 1.165) is 0 Å². The molecule has 0 unspecified atom stereocenters. The number of anilines is 5. The summed E-state index contributed by atoms with van der Waals surface area (Å²) in [6.45, 7) is 21.7. The highest BCUT2D eigenvalue weighted by Crippen LogP contribution is 2.61. The van der Waals surface area contributed by atoms with Crippen molar-refractivity contribution in [2.45, 2.75) is 102 Å². The van der Waals surface area contributed by atoms with Crippen molar-refractivity contribution in [3.63, 3.8) is 0 Å². The van der Waals surface area contributed by atoms with Crippen molar-refractivity contribution in [1.29, 1.82) is 0 Å². The van der Waals surface area contributed by atoms with Gasteiger partial charge in [-0.05, 0) is 143 Å². The number of para-hydroxylation sites is 2. The van der Waals surface area contributed by atoms with E-state index >= 15 is 0 Å². The topological polar surface area (TPSA) is 6.48 Å². The first-order valence-electron chi connectivity index (χ1n) is 24.7. The van der Waals surface area contributed by atoms with E-state index in [-0.39, 0.29) is 28.5 Å².